The van der Waals surface area contributed by atoms with Crippen LogP contribution in [0.25, 0.3) is 0 Å². The van der Waals surface area contributed by atoms with Gasteiger partial charge < -0.3 is 24.2 Å². The van der Waals surface area contributed by atoms with Gasteiger partial charge in [0.2, 0.25) is 0 Å². The zero-order valence-corrected chi connectivity index (χ0v) is 74.4. The van der Waals surface area contributed by atoms with Gasteiger partial charge in [-0.1, -0.05) is 252 Å². The fourth-order valence-electron chi connectivity index (χ4n) is 12.8. The topological polar surface area (TPSA) is 404 Å². The van der Waals surface area contributed by atoms with Gasteiger partial charge in [-0.2, -0.15) is 0 Å². The van der Waals surface area contributed by atoms with Crippen molar-refractivity contribution in [1.29, 1.82) is 0 Å². The number of Topliss-reactive ketones (excluding diaryl/α,β-unsaturated/α-hetero) is 5. The Hall–Kier alpha value is -14.1. The van der Waals surface area contributed by atoms with Gasteiger partial charge in [-0.15, -0.1) is 25.3 Å². The minimum atomic E-state index is -0.765. The quantitative estimate of drug-likeness (QED) is 0.0209. The van der Waals surface area contributed by atoms with Gasteiger partial charge >= 0.3 is 29.8 Å². The lowest BCUT2D eigenvalue weighted by atomic mass is 10.00. The summed E-state index contributed by atoms with van der Waals surface area (Å²) in [6.07, 6.45) is 9.26. The molecule has 7 aromatic rings. The van der Waals surface area contributed by atoms with Crippen LogP contribution < -0.4 is 0 Å². The first-order valence-electron chi connectivity index (χ1n) is 43.0. The number of aryl methyl sites for hydroxylation is 8. The summed E-state index contributed by atoms with van der Waals surface area (Å²) in [5, 5.41) is 2.67. The lowest BCUT2D eigenvalue weighted by molar-refractivity contribution is -0.197. The van der Waals surface area contributed by atoms with E-state index in [0.717, 1.165) is 95.0 Å². The fraction of sp³-hybridized carbons (Fsp3) is 0.410. The third-order valence-electron chi connectivity index (χ3n) is 20.5. The zero-order chi connectivity index (χ0) is 94.7. The Morgan fingerprint density at radius 1 is 0.222 bits per heavy atom. The number of ketones is 5. The smallest absolute Gasteiger partial charge is 0.330 e. The van der Waals surface area contributed by atoms with Gasteiger partial charge in [0.15, 0.2) is 28.9 Å². The predicted molar refractivity (Wildman–Crippen MR) is 509 cm³/mol. The van der Waals surface area contributed by atoms with E-state index in [-0.39, 0.29) is 176 Å². The van der Waals surface area contributed by atoms with Crippen LogP contribution in [0.3, 0.4) is 0 Å². The number of carbonyl (C=O) groups is 20. The van der Waals surface area contributed by atoms with Crippen molar-refractivity contribution in [2.24, 2.45) is 0 Å². The highest BCUT2D eigenvalue weighted by molar-refractivity contribution is 6.06. The van der Waals surface area contributed by atoms with Crippen molar-refractivity contribution in [3.63, 3.8) is 0 Å². The average Bonchev–Trinajstić information content (AvgIpc) is 1.15. The van der Waals surface area contributed by atoms with E-state index >= 15 is 0 Å². The van der Waals surface area contributed by atoms with Crippen LogP contribution >= 0.6 is 0 Å². The Labute approximate surface area is 793 Å². The monoisotopic (exact) mass is 1870 g/mol. The Bertz CT molecular complexity index is 5130. The zero-order valence-electron chi connectivity index (χ0n) is 74.4. The first kappa shape index (κ1) is 121. The summed E-state index contributed by atoms with van der Waals surface area (Å²) < 4.78 is 0. The van der Waals surface area contributed by atoms with Gasteiger partial charge in [-0.25, -0.2) is 24.0 Å². The van der Waals surface area contributed by atoms with E-state index in [2.05, 4.69) is 43.0 Å². The van der Waals surface area contributed by atoms with Crippen LogP contribution in [0.4, 0.5) is 0 Å². The van der Waals surface area contributed by atoms with Crippen molar-refractivity contribution in [3.05, 3.63) is 248 Å². The van der Waals surface area contributed by atoms with E-state index in [4.69, 9.17) is 19.4 Å². The van der Waals surface area contributed by atoms with Crippen LogP contribution in [0.2, 0.25) is 0 Å². The molecule has 0 spiro atoms. The molecule has 135 heavy (non-hydrogen) atoms. The van der Waals surface area contributed by atoms with Crippen molar-refractivity contribution in [3.8, 4) is 0 Å². The summed E-state index contributed by atoms with van der Waals surface area (Å²) in [4.78, 5) is 254. The number of imide groups is 5. The molecule has 30 nitrogen and oxygen atoms in total. The van der Waals surface area contributed by atoms with Crippen LogP contribution in [-0.4, -0.2) is 143 Å². The van der Waals surface area contributed by atoms with Crippen LogP contribution in [0.15, 0.2) is 170 Å². The summed E-state index contributed by atoms with van der Waals surface area (Å²) in [6, 6.07) is 52.1. The standard InChI is InChI=1S/2C19H23NO5.2C15H15NO5.C12H11NO4.C11H14O.C8H10.6CH4/c1-14-8-6-7-9-15(14)16(21)10-4-2-3-5-11-19(24)25-20-17(22)12-13-18(20)23;1-14-8-10-15(11-9-14)16(21)6-4-2-3-5-7-19(24)25-20-17(22)12-13-18(20)23;1-10-2-4-11(5-3-10)12(17)6-9-15(20)21-16-13(18)7-8-14(16)19;1-10-4-2-3-5-11(10)12(17)6-9-15(20)21-16-13(18)7-8-14(16)19;1-8-4-2-3-5-9(8)12(16)17-13-10(14)6-7-11(13)15;1-3-6-11(12)10-8-5-4-7-9(10)2;1-7-5-3-4-6-8(7)2;;;;;;/h6-9H,2-5,10-13H2,1H3;8-11H,2-7,12-13H2,1H3;2*2-5H,6-9H2,1H3;2-5H,6-7H2,1H3;4-5,7-8H,3,6H2,1-2H3;3-6H,1-2H3;6*1H4. The number of amides is 10. The molecule has 0 atom stereocenters. The van der Waals surface area contributed by atoms with E-state index in [9.17, 15) is 95.9 Å². The number of unbranched alkanes of at least 4 members (excludes halogenated alkanes) is 6. The minimum Gasteiger partial charge on any atom is -0.330 e. The number of nitrogens with zero attached hydrogens (tertiary/aromatic N) is 5. The third-order valence-corrected chi connectivity index (χ3v) is 20.5. The average molecular weight is 1870 g/mol. The molecule has 5 fully saturated rings. The van der Waals surface area contributed by atoms with Crippen LogP contribution in [-0.2, 0) is 91.3 Å². The number of hydrogen-bond donors (Lipinski definition) is 0. The summed E-state index contributed by atoms with van der Waals surface area (Å²) in [5.74, 6) is -8.12. The van der Waals surface area contributed by atoms with Gasteiger partial charge in [0.05, 0.1) is 18.4 Å². The molecule has 30 heteroatoms. The second-order valence-electron chi connectivity index (χ2n) is 30.9. The lowest BCUT2D eigenvalue weighted by Crippen LogP contribution is -2.32. The number of carbonyl (C=O) groups excluding carboxylic acids is 20. The number of benzene rings is 7. The molecule has 5 heterocycles. The molecule has 5 aliphatic rings. The first-order chi connectivity index (χ1) is 61.6. The van der Waals surface area contributed by atoms with Crippen molar-refractivity contribution in [2.45, 2.75) is 287 Å². The summed E-state index contributed by atoms with van der Waals surface area (Å²) in [6.45, 7) is 17.6. The second-order valence-corrected chi connectivity index (χ2v) is 30.9. The number of hydroxylamine groups is 10. The largest absolute Gasteiger partial charge is 0.364 e. The summed E-state index contributed by atoms with van der Waals surface area (Å²) >= 11 is 0. The fourth-order valence-corrected chi connectivity index (χ4v) is 12.8. The van der Waals surface area contributed by atoms with Crippen molar-refractivity contribution < 1.29 is 120 Å². The van der Waals surface area contributed by atoms with Crippen LogP contribution in [0, 0.1) is 55.4 Å². The Balaban J connectivity index is 0.00000157. The summed E-state index contributed by atoms with van der Waals surface area (Å²) in [5.41, 5.74) is 12.3. The van der Waals surface area contributed by atoms with Crippen molar-refractivity contribution >= 4 is 118 Å². The number of rotatable bonds is 33. The summed E-state index contributed by atoms with van der Waals surface area (Å²) in [7, 11) is 0. The third kappa shape index (κ3) is 41.3. The minimum absolute atomic E-state index is 0. The maximum Gasteiger partial charge on any atom is 0.364 e. The lowest BCUT2D eigenvalue weighted by Gasteiger charge is -2.13. The molecular weight excluding hydrogens is 1730 g/mol. The van der Waals surface area contributed by atoms with Gasteiger partial charge in [0.1, 0.15) is 0 Å². The Morgan fingerprint density at radius 3 is 0.696 bits per heavy atom. The molecule has 7 aromatic carbocycles. The molecule has 0 unspecified atom stereocenters. The van der Waals surface area contributed by atoms with Crippen LogP contribution in [0.1, 0.15) is 338 Å². The second kappa shape index (κ2) is 63.1. The maximum absolute atomic E-state index is 12.1. The molecule has 0 radical (unpaired) electrons. The van der Waals surface area contributed by atoms with Gasteiger partial charge in [0, 0.05) is 137 Å². The van der Waals surface area contributed by atoms with E-state index in [1.165, 1.54) is 11.1 Å². The van der Waals surface area contributed by atoms with Gasteiger partial charge in [-0.05, 0) is 127 Å². The molecule has 0 aliphatic carbocycles. The van der Waals surface area contributed by atoms with E-state index < -0.39 is 88.9 Å². The van der Waals surface area contributed by atoms with E-state index in [0.29, 0.717) is 74.1 Å². The SMILES string of the molecule is C.C.C.C.C.C.CCCC(=O)c1ccccc1C.Cc1ccc(C(=O)CCC(=O)ON2C(=O)CCC2=O)cc1.Cc1ccc(C(=O)CCCCCCC(=O)ON2C(=O)CCC2=O)cc1.Cc1ccccc1C.Cc1ccccc1C(=O)CCC(=O)ON1C(=O)CCC1=O.Cc1ccccc1C(=O)CCCCCCC(=O)ON1C(=O)CCC1=O.Cc1ccccc1C(=O)ON1C(=O)CCC1=O. The molecule has 0 N–H and O–H groups in total. The molecule has 0 bridgehead atoms. The normalized spacial score (nSPS) is 13.0. The van der Waals surface area contributed by atoms with Crippen molar-refractivity contribution in [1.82, 2.24) is 25.3 Å². The molecule has 12 rings (SSSR count). The van der Waals surface area contributed by atoms with Crippen LogP contribution in [0.5, 0.6) is 0 Å². The van der Waals surface area contributed by atoms with E-state index in [1.54, 1.807) is 55.5 Å². The molecule has 730 valence electrons. The van der Waals surface area contributed by atoms with Gasteiger partial charge in [0.25, 0.3) is 59.1 Å². The highest BCUT2D eigenvalue weighted by Gasteiger charge is 2.37. The molecule has 0 saturated carbocycles. The Morgan fingerprint density at radius 2 is 0.430 bits per heavy atom. The molecular formula is C105H135N5O25. The van der Waals surface area contributed by atoms with Crippen molar-refractivity contribution in [2.75, 3.05) is 0 Å². The number of hydrogen-bond acceptors (Lipinski definition) is 25. The maximum atomic E-state index is 12.1. The molecule has 10 amide bonds. The highest BCUT2D eigenvalue weighted by atomic mass is 16.7. The molecule has 5 aliphatic heterocycles. The molecule has 0 aromatic heterocycles. The first-order valence-corrected chi connectivity index (χ1v) is 43.0. The molecule has 5 saturated heterocycles. The predicted octanol–water partition coefficient (Wildman–Crippen LogP) is 19.7. The Kier molecular flexibility index (Phi) is 56.6. The van der Waals surface area contributed by atoms with Gasteiger partial charge in [-0.3, -0.25) is 71.9 Å². The highest BCUT2D eigenvalue weighted by Crippen LogP contribution is 2.23. The van der Waals surface area contributed by atoms with E-state index in [1.807, 2.05) is 139 Å².